The number of nitrogens with zero attached hydrogens (tertiary/aromatic N) is 4. The second kappa shape index (κ2) is 6.78. The van der Waals surface area contributed by atoms with E-state index < -0.39 is 0 Å². The van der Waals surface area contributed by atoms with Gasteiger partial charge in [0.15, 0.2) is 5.69 Å². The summed E-state index contributed by atoms with van der Waals surface area (Å²) in [6.45, 7) is 4.95. The molecule has 0 saturated carbocycles. The van der Waals surface area contributed by atoms with Crippen LogP contribution in [0.25, 0.3) is 0 Å². The van der Waals surface area contributed by atoms with Crippen LogP contribution in [0.15, 0.2) is 28.9 Å². The molecule has 1 amide bonds. The molecule has 7 nitrogen and oxygen atoms in total. The van der Waals surface area contributed by atoms with Crippen molar-refractivity contribution in [3.05, 3.63) is 41.4 Å². The molecule has 2 aromatic rings. The number of fused-ring (bicyclic) bond motifs is 1. The Morgan fingerprint density at radius 2 is 2.30 bits per heavy atom. The normalized spacial score (nSPS) is 14.5. The van der Waals surface area contributed by atoms with Gasteiger partial charge in [-0.15, -0.1) is 0 Å². The Morgan fingerprint density at radius 3 is 3.04 bits per heavy atom. The average Bonchev–Trinajstić information content (AvgIpc) is 2.91. The smallest absolute Gasteiger partial charge is 0.276 e. The molecule has 122 valence electrons. The van der Waals surface area contributed by atoms with Crippen LogP contribution in [-0.4, -0.2) is 54.3 Å². The summed E-state index contributed by atoms with van der Waals surface area (Å²) in [4.78, 5) is 21.1. The van der Waals surface area contributed by atoms with Gasteiger partial charge in [-0.1, -0.05) is 11.2 Å². The molecule has 0 aromatic carbocycles. The van der Waals surface area contributed by atoms with Crippen molar-refractivity contribution in [2.24, 2.45) is 0 Å². The first-order valence-corrected chi connectivity index (χ1v) is 7.59. The average molecular weight is 316 g/mol. The standard InChI is InChI=1S/C16H20N4O3/c1-12-10-14(18-23-12)16(21)20-7-6-19(8-9-22-2)15-13(11-20)4-3-5-17-15/h3-5,10H,6-9,11H2,1-2H3. The zero-order chi connectivity index (χ0) is 16.2. The van der Waals surface area contributed by atoms with E-state index in [1.165, 1.54) is 0 Å². The zero-order valence-electron chi connectivity index (χ0n) is 13.4. The fourth-order valence-electron chi connectivity index (χ4n) is 2.69. The monoisotopic (exact) mass is 316 g/mol. The third-order valence-corrected chi connectivity index (χ3v) is 3.87. The van der Waals surface area contributed by atoms with E-state index in [0.717, 1.165) is 17.9 Å². The second-order valence-electron chi connectivity index (χ2n) is 5.52. The highest BCUT2D eigenvalue weighted by Gasteiger charge is 2.25. The number of aromatic nitrogens is 2. The summed E-state index contributed by atoms with van der Waals surface area (Å²) in [5.74, 6) is 1.42. The van der Waals surface area contributed by atoms with Gasteiger partial charge >= 0.3 is 0 Å². The molecule has 3 rings (SSSR count). The third-order valence-electron chi connectivity index (χ3n) is 3.87. The molecule has 7 heteroatoms. The Hall–Kier alpha value is -2.41. The number of methoxy groups -OCH3 is 1. The maximum atomic E-state index is 12.6. The number of ether oxygens (including phenoxy) is 1. The minimum Gasteiger partial charge on any atom is -0.383 e. The van der Waals surface area contributed by atoms with Crippen LogP contribution < -0.4 is 4.90 Å². The summed E-state index contributed by atoms with van der Waals surface area (Å²) in [6.07, 6.45) is 1.77. The van der Waals surface area contributed by atoms with Gasteiger partial charge in [-0.2, -0.15) is 0 Å². The number of carbonyl (C=O) groups excluding carboxylic acids is 1. The third kappa shape index (κ3) is 3.34. The maximum Gasteiger partial charge on any atom is 0.276 e. The summed E-state index contributed by atoms with van der Waals surface area (Å²) >= 11 is 0. The van der Waals surface area contributed by atoms with E-state index in [1.54, 1.807) is 31.2 Å². The van der Waals surface area contributed by atoms with Gasteiger partial charge in [-0.3, -0.25) is 4.79 Å². The van der Waals surface area contributed by atoms with Crippen LogP contribution in [0, 0.1) is 6.92 Å². The molecule has 0 spiro atoms. The Morgan fingerprint density at radius 1 is 1.43 bits per heavy atom. The van der Waals surface area contributed by atoms with Gasteiger partial charge in [0.25, 0.3) is 5.91 Å². The van der Waals surface area contributed by atoms with Crippen molar-refractivity contribution < 1.29 is 14.1 Å². The number of hydrogen-bond donors (Lipinski definition) is 0. The van der Waals surface area contributed by atoms with Crippen LogP contribution in [-0.2, 0) is 11.3 Å². The van der Waals surface area contributed by atoms with Crippen LogP contribution in [0.4, 0.5) is 5.82 Å². The van der Waals surface area contributed by atoms with Gasteiger partial charge in [-0.05, 0) is 13.0 Å². The van der Waals surface area contributed by atoms with Crippen molar-refractivity contribution in [1.29, 1.82) is 0 Å². The van der Waals surface area contributed by atoms with E-state index in [-0.39, 0.29) is 5.91 Å². The predicted octanol–water partition coefficient (Wildman–Crippen LogP) is 1.49. The van der Waals surface area contributed by atoms with E-state index in [1.807, 2.05) is 12.1 Å². The molecule has 23 heavy (non-hydrogen) atoms. The number of hydrogen-bond acceptors (Lipinski definition) is 6. The van der Waals surface area contributed by atoms with Crippen LogP contribution in [0.2, 0.25) is 0 Å². The minimum absolute atomic E-state index is 0.120. The van der Waals surface area contributed by atoms with E-state index in [0.29, 0.717) is 37.7 Å². The first-order valence-electron chi connectivity index (χ1n) is 7.59. The predicted molar refractivity (Wildman–Crippen MR) is 84.3 cm³/mol. The molecule has 3 heterocycles. The second-order valence-corrected chi connectivity index (χ2v) is 5.52. The van der Waals surface area contributed by atoms with Crippen molar-refractivity contribution in [2.45, 2.75) is 13.5 Å². The van der Waals surface area contributed by atoms with Gasteiger partial charge in [0.1, 0.15) is 11.6 Å². The SMILES string of the molecule is COCCN1CCN(C(=O)c2cc(C)on2)Cc2cccnc21. The molecular weight excluding hydrogens is 296 g/mol. The summed E-state index contributed by atoms with van der Waals surface area (Å²) in [5, 5.41) is 3.83. The molecular formula is C16H20N4O3. The Balaban J connectivity index is 1.83. The lowest BCUT2D eigenvalue weighted by Gasteiger charge is -2.23. The van der Waals surface area contributed by atoms with Gasteiger partial charge in [0.05, 0.1) is 6.61 Å². The first-order chi connectivity index (χ1) is 11.2. The number of amides is 1. The maximum absolute atomic E-state index is 12.6. The number of pyridine rings is 1. The largest absolute Gasteiger partial charge is 0.383 e. The first kappa shape index (κ1) is 15.5. The molecule has 0 fully saturated rings. The van der Waals surface area contributed by atoms with Crippen molar-refractivity contribution in [1.82, 2.24) is 15.0 Å². The van der Waals surface area contributed by atoms with Crippen molar-refractivity contribution in [3.8, 4) is 0 Å². The van der Waals surface area contributed by atoms with Crippen molar-refractivity contribution in [3.63, 3.8) is 0 Å². The number of carbonyl (C=O) groups is 1. The highest BCUT2D eigenvalue weighted by Crippen LogP contribution is 2.23. The lowest BCUT2D eigenvalue weighted by molar-refractivity contribution is 0.0740. The summed E-state index contributed by atoms with van der Waals surface area (Å²) < 4.78 is 10.2. The summed E-state index contributed by atoms with van der Waals surface area (Å²) in [7, 11) is 1.68. The highest BCUT2D eigenvalue weighted by atomic mass is 16.5. The summed E-state index contributed by atoms with van der Waals surface area (Å²) in [6, 6.07) is 5.56. The molecule has 0 N–H and O–H groups in total. The van der Waals surface area contributed by atoms with E-state index in [4.69, 9.17) is 9.26 Å². The molecule has 0 unspecified atom stereocenters. The van der Waals surface area contributed by atoms with E-state index in [2.05, 4.69) is 15.0 Å². The number of rotatable bonds is 4. The molecule has 1 aliphatic heterocycles. The van der Waals surface area contributed by atoms with Crippen molar-refractivity contribution in [2.75, 3.05) is 38.3 Å². The van der Waals surface area contributed by atoms with Gasteiger partial charge in [0.2, 0.25) is 0 Å². The topological polar surface area (TPSA) is 71.7 Å². The fraction of sp³-hybridized carbons (Fsp3) is 0.438. The molecule has 0 saturated heterocycles. The lowest BCUT2D eigenvalue weighted by atomic mass is 10.2. The highest BCUT2D eigenvalue weighted by molar-refractivity contribution is 5.92. The summed E-state index contributed by atoms with van der Waals surface area (Å²) in [5.41, 5.74) is 1.37. The molecule has 0 aliphatic carbocycles. The van der Waals surface area contributed by atoms with Crippen LogP contribution >= 0.6 is 0 Å². The lowest BCUT2D eigenvalue weighted by Crippen LogP contribution is -2.36. The van der Waals surface area contributed by atoms with E-state index >= 15 is 0 Å². The van der Waals surface area contributed by atoms with Gasteiger partial charge < -0.3 is 19.1 Å². The number of anilines is 1. The molecule has 2 aromatic heterocycles. The Labute approximate surface area is 134 Å². The van der Waals surface area contributed by atoms with Crippen LogP contribution in [0.3, 0.4) is 0 Å². The Kier molecular flexibility index (Phi) is 4.57. The van der Waals surface area contributed by atoms with Crippen LogP contribution in [0.1, 0.15) is 21.8 Å². The van der Waals surface area contributed by atoms with Crippen molar-refractivity contribution >= 4 is 11.7 Å². The van der Waals surface area contributed by atoms with Crippen LogP contribution in [0.5, 0.6) is 0 Å². The van der Waals surface area contributed by atoms with E-state index in [9.17, 15) is 4.79 Å². The molecule has 0 radical (unpaired) electrons. The zero-order valence-corrected chi connectivity index (χ0v) is 13.4. The van der Waals surface area contributed by atoms with Gasteiger partial charge in [0, 0.05) is 51.1 Å². The fourth-order valence-corrected chi connectivity index (χ4v) is 2.69. The minimum atomic E-state index is -0.120. The molecule has 0 bridgehead atoms. The molecule has 0 atom stereocenters. The van der Waals surface area contributed by atoms with Gasteiger partial charge in [-0.25, -0.2) is 4.98 Å². The Bertz CT molecular complexity index is 685. The molecule has 1 aliphatic rings. The quantitative estimate of drug-likeness (QED) is 0.851. The number of aryl methyl sites for hydroxylation is 1.